The first-order valence-corrected chi connectivity index (χ1v) is 8.72. The van der Waals surface area contributed by atoms with Gasteiger partial charge in [0.2, 0.25) is 17.7 Å². The lowest BCUT2D eigenvalue weighted by atomic mass is 10.1. The number of amides is 3. The fourth-order valence-electron chi connectivity index (χ4n) is 2.25. The highest BCUT2D eigenvalue weighted by molar-refractivity contribution is 5.94. The quantitative estimate of drug-likeness (QED) is 0.178. The molecule has 0 aliphatic heterocycles. The monoisotopic (exact) mass is 414 g/mol. The largest absolute Gasteiger partial charge is 0.480 e. The molecule has 0 radical (unpaired) electrons. The van der Waals surface area contributed by atoms with Gasteiger partial charge in [0.1, 0.15) is 12.1 Å². The fourth-order valence-corrected chi connectivity index (χ4v) is 2.25. The molecule has 1 aromatic rings. The summed E-state index contributed by atoms with van der Waals surface area (Å²) in [4.78, 5) is 54.0. The number of carbonyl (C=O) groups excluding carboxylic acids is 3. The van der Waals surface area contributed by atoms with Crippen molar-refractivity contribution < 1.29 is 34.5 Å². The average molecular weight is 414 g/mol. The van der Waals surface area contributed by atoms with E-state index in [4.69, 9.17) is 10.8 Å². The number of carboxylic acid groups (broad SMARTS) is 1. The van der Waals surface area contributed by atoms with Crippen LogP contribution in [0.4, 0.5) is 0 Å². The molecule has 0 aliphatic rings. The SMILES string of the molecule is CC(NC(=O)C(CO)NC(=O)C(N)Cc1cnc[nH]1)C(=O)NC(C(=O)O)C(C)O. The number of carboxylic acids is 1. The Morgan fingerprint density at radius 3 is 2.28 bits per heavy atom. The van der Waals surface area contributed by atoms with Crippen LogP contribution in [-0.2, 0) is 25.6 Å². The van der Waals surface area contributed by atoms with Gasteiger partial charge in [0.15, 0.2) is 6.04 Å². The number of hydrogen-bond acceptors (Lipinski definition) is 8. The van der Waals surface area contributed by atoms with E-state index < -0.39 is 60.6 Å². The fraction of sp³-hybridized carbons (Fsp3) is 0.562. The summed E-state index contributed by atoms with van der Waals surface area (Å²) in [7, 11) is 0. The third-order valence-electron chi connectivity index (χ3n) is 3.95. The summed E-state index contributed by atoms with van der Waals surface area (Å²) in [5.41, 5.74) is 6.36. The molecule has 13 nitrogen and oxygen atoms in total. The van der Waals surface area contributed by atoms with Crippen LogP contribution in [0, 0.1) is 0 Å². The van der Waals surface area contributed by atoms with Gasteiger partial charge in [-0.05, 0) is 13.8 Å². The molecular formula is C16H26N6O7. The molecule has 0 aromatic carbocycles. The Bertz CT molecular complexity index is 709. The van der Waals surface area contributed by atoms with Crippen molar-refractivity contribution in [3.63, 3.8) is 0 Å². The summed E-state index contributed by atoms with van der Waals surface area (Å²) in [6.45, 7) is 1.70. The van der Waals surface area contributed by atoms with Gasteiger partial charge in [-0.25, -0.2) is 9.78 Å². The Balaban J connectivity index is 2.61. The maximum Gasteiger partial charge on any atom is 0.328 e. The number of rotatable bonds is 11. The van der Waals surface area contributed by atoms with E-state index in [0.29, 0.717) is 5.69 Å². The minimum absolute atomic E-state index is 0.125. The van der Waals surface area contributed by atoms with Crippen LogP contribution in [0.1, 0.15) is 19.5 Å². The van der Waals surface area contributed by atoms with Crippen LogP contribution in [0.3, 0.4) is 0 Å². The van der Waals surface area contributed by atoms with Crippen molar-refractivity contribution in [2.45, 2.75) is 50.5 Å². The summed E-state index contributed by atoms with van der Waals surface area (Å²) < 4.78 is 0. The molecule has 162 valence electrons. The lowest BCUT2D eigenvalue weighted by molar-refractivity contribution is -0.145. The number of imidazole rings is 1. The van der Waals surface area contributed by atoms with Gasteiger partial charge in [-0.3, -0.25) is 14.4 Å². The number of carbonyl (C=O) groups is 4. The number of aliphatic hydroxyl groups is 2. The average Bonchev–Trinajstić information content (AvgIpc) is 3.15. The maximum atomic E-state index is 12.2. The van der Waals surface area contributed by atoms with Gasteiger partial charge in [0.05, 0.1) is 25.1 Å². The number of H-pyrrole nitrogens is 1. The molecule has 5 unspecified atom stereocenters. The molecule has 0 spiro atoms. The smallest absolute Gasteiger partial charge is 0.328 e. The molecule has 1 heterocycles. The molecule has 13 heteroatoms. The predicted molar refractivity (Wildman–Crippen MR) is 98.1 cm³/mol. The van der Waals surface area contributed by atoms with Crippen molar-refractivity contribution in [1.29, 1.82) is 0 Å². The first-order valence-electron chi connectivity index (χ1n) is 8.72. The molecule has 1 rings (SSSR count). The molecule has 1 aromatic heterocycles. The van der Waals surface area contributed by atoms with E-state index >= 15 is 0 Å². The van der Waals surface area contributed by atoms with Gasteiger partial charge >= 0.3 is 5.97 Å². The zero-order valence-electron chi connectivity index (χ0n) is 16.0. The number of aromatic nitrogens is 2. The second kappa shape index (κ2) is 11.1. The number of aliphatic hydroxyl groups excluding tert-OH is 2. The second-order valence-corrected chi connectivity index (χ2v) is 6.43. The Kier molecular flexibility index (Phi) is 9.18. The van der Waals surface area contributed by atoms with Crippen LogP contribution >= 0.6 is 0 Å². The first kappa shape index (κ1) is 24.0. The molecular weight excluding hydrogens is 388 g/mol. The van der Waals surface area contributed by atoms with Crippen molar-refractivity contribution in [2.24, 2.45) is 5.73 Å². The number of nitrogens with one attached hydrogen (secondary N) is 4. The summed E-state index contributed by atoms with van der Waals surface area (Å²) in [6.07, 6.45) is 1.67. The zero-order valence-corrected chi connectivity index (χ0v) is 16.0. The zero-order chi connectivity index (χ0) is 22.1. The third-order valence-corrected chi connectivity index (χ3v) is 3.95. The van der Waals surface area contributed by atoms with Crippen LogP contribution in [0.15, 0.2) is 12.5 Å². The predicted octanol–water partition coefficient (Wildman–Crippen LogP) is -3.79. The van der Waals surface area contributed by atoms with Crippen molar-refractivity contribution in [2.75, 3.05) is 6.61 Å². The van der Waals surface area contributed by atoms with E-state index in [2.05, 4.69) is 25.9 Å². The van der Waals surface area contributed by atoms with Gasteiger partial charge in [-0.15, -0.1) is 0 Å². The first-order chi connectivity index (χ1) is 13.6. The van der Waals surface area contributed by atoms with Crippen LogP contribution in [0.2, 0.25) is 0 Å². The Labute approximate surface area is 166 Å². The summed E-state index contributed by atoms with van der Waals surface area (Å²) in [6, 6.07) is -5.15. The van der Waals surface area contributed by atoms with Gasteiger partial charge in [0, 0.05) is 18.3 Å². The normalized spacial score (nSPS) is 16.0. The molecule has 5 atom stereocenters. The molecule has 0 aliphatic carbocycles. The lowest BCUT2D eigenvalue weighted by Crippen LogP contribution is -2.58. The number of nitrogens with two attached hydrogens (primary N) is 1. The highest BCUT2D eigenvalue weighted by Crippen LogP contribution is 1.98. The van der Waals surface area contributed by atoms with E-state index in [9.17, 15) is 29.4 Å². The molecule has 0 saturated heterocycles. The van der Waals surface area contributed by atoms with Gasteiger partial charge in [0.25, 0.3) is 0 Å². The number of nitrogens with zero attached hydrogens (tertiary/aromatic N) is 1. The van der Waals surface area contributed by atoms with Crippen LogP contribution < -0.4 is 21.7 Å². The van der Waals surface area contributed by atoms with E-state index in [0.717, 1.165) is 0 Å². The Morgan fingerprint density at radius 1 is 1.14 bits per heavy atom. The highest BCUT2D eigenvalue weighted by atomic mass is 16.4. The standard InChI is InChI=1S/C16H26N6O7/c1-7(13(25)22-12(8(2)24)16(28)29)20-15(27)11(5-23)21-14(26)10(17)3-9-4-18-6-19-9/h4,6-8,10-12,23-24H,3,5,17H2,1-2H3,(H,18,19)(H,20,27)(H,21,26)(H,22,25)(H,28,29). The highest BCUT2D eigenvalue weighted by Gasteiger charge is 2.29. The van der Waals surface area contributed by atoms with Crippen LogP contribution in [0.25, 0.3) is 0 Å². The molecule has 29 heavy (non-hydrogen) atoms. The number of hydrogen-bond donors (Lipinski definition) is 8. The van der Waals surface area contributed by atoms with Gasteiger partial charge in [-0.2, -0.15) is 0 Å². The second-order valence-electron chi connectivity index (χ2n) is 6.43. The lowest BCUT2D eigenvalue weighted by Gasteiger charge is -2.23. The molecule has 0 saturated carbocycles. The molecule has 0 bridgehead atoms. The number of aliphatic carboxylic acids is 1. The summed E-state index contributed by atoms with van der Waals surface area (Å²) >= 11 is 0. The Hall–Kier alpha value is -3.03. The third kappa shape index (κ3) is 7.48. The number of aromatic amines is 1. The topological polar surface area (TPSA) is 220 Å². The summed E-state index contributed by atoms with van der Waals surface area (Å²) in [5.74, 6) is -3.89. The van der Waals surface area contributed by atoms with Crippen molar-refractivity contribution >= 4 is 23.7 Å². The van der Waals surface area contributed by atoms with Gasteiger partial charge in [-0.1, -0.05) is 0 Å². The van der Waals surface area contributed by atoms with Crippen LogP contribution in [0.5, 0.6) is 0 Å². The summed E-state index contributed by atoms with van der Waals surface area (Å²) in [5, 5.41) is 34.3. The van der Waals surface area contributed by atoms with Crippen molar-refractivity contribution in [3.8, 4) is 0 Å². The molecule has 9 N–H and O–H groups in total. The minimum Gasteiger partial charge on any atom is -0.480 e. The van der Waals surface area contributed by atoms with E-state index in [1.807, 2.05) is 0 Å². The van der Waals surface area contributed by atoms with E-state index in [-0.39, 0.29) is 6.42 Å². The van der Waals surface area contributed by atoms with Crippen LogP contribution in [-0.4, -0.2) is 85.9 Å². The molecule has 0 fully saturated rings. The van der Waals surface area contributed by atoms with E-state index in [1.54, 1.807) is 0 Å². The molecule has 3 amide bonds. The van der Waals surface area contributed by atoms with E-state index in [1.165, 1.54) is 26.4 Å². The van der Waals surface area contributed by atoms with Gasteiger partial charge < -0.3 is 42.0 Å². The maximum absolute atomic E-state index is 12.2. The Morgan fingerprint density at radius 2 is 1.79 bits per heavy atom. The van der Waals surface area contributed by atoms with Crippen molar-refractivity contribution in [3.05, 3.63) is 18.2 Å². The minimum atomic E-state index is -1.56. The van der Waals surface area contributed by atoms with Crippen molar-refractivity contribution in [1.82, 2.24) is 25.9 Å².